The van der Waals surface area contributed by atoms with Gasteiger partial charge in [0.1, 0.15) is 0 Å². The van der Waals surface area contributed by atoms with E-state index in [1.54, 1.807) is 0 Å². The van der Waals surface area contributed by atoms with Crippen LogP contribution in [0, 0.1) is 0 Å². The van der Waals surface area contributed by atoms with Crippen LogP contribution < -0.4 is 15.2 Å². The van der Waals surface area contributed by atoms with Crippen LogP contribution in [0.1, 0.15) is 39.7 Å². The first-order chi connectivity index (χ1) is 8.96. The van der Waals surface area contributed by atoms with Gasteiger partial charge in [0.2, 0.25) is 0 Å². The highest BCUT2D eigenvalue weighted by molar-refractivity contribution is 9.10. The summed E-state index contributed by atoms with van der Waals surface area (Å²) in [6.45, 7) is 10.2. The van der Waals surface area contributed by atoms with E-state index in [4.69, 9.17) is 15.2 Å². The summed E-state index contributed by atoms with van der Waals surface area (Å²) in [5.74, 6) is 1.58. The van der Waals surface area contributed by atoms with Crippen molar-refractivity contribution in [1.82, 2.24) is 0 Å². The summed E-state index contributed by atoms with van der Waals surface area (Å²) < 4.78 is 12.3. The lowest BCUT2D eigenvalue weighted by molar-refractivity contribution is 0.286. The van der Waals surface area contributed by atoms with Gasteiger partial charge < -0.3 is 15.2 Å². The van der Waals surface area contributed by atoms with Crippen molar-refractivity contribution in [2.24, 2.45) is 5.73 Å². The van der Waals surface area contributed by atoms with Crippen LogP contribution in [0.25, 0.3) is 0 Å². The summed E-state index contributed by atoms with van der Waals surface area (Å²) in [4.78, 5) is 0. The summed E-state index contributed by atoms with van der Waals surface area (Å²) in [6.07, 6.45) is 0.922. The SMILES string of the molecule is CCOc1cc(Br)c(C(C)(C)CCN)cc1OCC. The van der Waals surface area contributed by atoms with Crippen LogP contribution in [0.3, 0.4) is 0 Å². The molecule has 0 bridgehead atoms. The van der Waals surface area contributed by atoms with Crippen molar-refractivity contribution in [2.75, 3.05) is 19.8 Å². The van der Waals surface area contributed by atoms with Crippen LogP contribution in [-0.2, 0) is 5.41 Å². The highest BCUT2D eigenvalue weighted by Crippen LogP contribution is 2.40. The van der Waals surface area contributed by atoms with E-state index in [2.05, 4.69) is 35.8 Å². The van der Waals surface area contributed by atoms with E-state index in [-0.39, 0.29) is 5.41 Å². The van der Waals surface area contributed by atoms with Gasteiger partial charge in [0, 0.05) is 4.47 Å². The van der Waals surface area contributed by atoms with Gasteiger partial charge in [-0.25, -0.2) is 0 Å². The molecular formula is C15H24BrNO2. The second-order valence-corrected chi connectivity index (χ2v) is 5.92. The molecule has 0 aliphatic carbocycles. The predicted molar refractivity (Wildman–Crippen MR) is 83.2 cm³/mol. The van der Waals surface area contributed by atoms with Gasteiger partial charge in [0.25, 0.3) is 0 Å². The predicted octanol–water partition coefficient (Wildman–Crippen LogP) is 3.87. The number of hydrogen-bond donors (Lipinski definition) is 1. The van der Waals surface area contributed by atoms with Crippen molar-refractivity contribution in [2.45, 2.75) is 39.5 Å². The van der Waals surface area contributed by atoms with Crippen molar-refractivity contribution in [1.29, 1.82) is 0 Å². The number of nitrogens with two attached hydrogens (primary N) is 1. The van der Waals surface area contributed by atoms with Gasteiger partial charge in [0.05, 0.1) is 13.2 Å². The van der Waals surface area contributed by atoms with Gasteiger partial charge >= 0.3 is 0 Å². The van der Waals surface area contributed by atoms with Crippen LogP contribution in [0.15, 0.2) is 16.6 Å². The fraction of sp³-hybridized carbons (Fsp3) is 0.600. The number of benzene rings is 1. The quantitative estimate of drug-likeness (QED) is 0.825. The van der Waals surface area contributed by atoms with Crippen molar-refractivity contribution in [3.05, 3.63) is 22.2 Å². The standard InChI is InChI=1S/C15H24BrNO2/c1-5-18-13-9-11(15(3,4)7-8-17)12(16)10-14(13)19-6-2/h9-10H,5-8,17H2,1-4H3. The van der Waals surface area contributed by atoms with E-state index in [0.29, 0.717) is 19.8 Å². The highest BCUT2D eigenvalue weighted by atomic mass is 79.9. The Hall–Kier alpha value is -0.740. The van der Waals surface area contributed by atoms with Crippen molar-refractivity contribution < 1.29 is 9.47 Å². The van der Waals surface area contributed by atoms with E-state index in [9.17, 15) is 0 Å². The lowest BCUT2D eigenvalue weighted by atomic mass is 9.81. The Balaban J connectivity index is 3.23. The molecule has 1 aromatic rings. The maximum atomic E-state index is 5.71. The molecule has 0 spiro atoms. The summed E-state index contributed by atoms with van der Waals surface area (Å²) >= 11 is 3.63. The molecule has 19 heavy (non-hydrogen) atoms. The minimum absolute atomic E-state index is 0.00415. The van der Waals surface area contributed by atoms with Gasteiger partial charge in [-0.15, -0.1) is 0 Å². The number of halogens is 1. The molecule has 4 heteroatoms. The van der Waals surface area contributed by atoms with Crippen LogP contribution in [0.2, 0.25) is 0 Å². The molecule has 0 heterocycles. The topological polar surface area (TPSA) is 44.5 Å². The molecule has 108 valence electrons. The molecule has 3 nitrogen and oxygen atoms in total. The van der Waals surface area contributed by atoms with Crippen molar-refractivity contribution in [3.8, 4) is 11.5 Å². The lowest BCUT2D eigenvalue weighted by Crippen LogP contribution is -2.22. The zero-order valence-corrected chi connectivity index (χ0v) is 13.8. The third-order valence-electron chi connectivity index (χ3n) is 3.13. The lowest BCUT2D eigenvalue weighted by Gasteiger charge is -2.27. The maximum Gasteiger partial charge on any atom is 0.162 e. The summed E-state index contributed by atoms with van der Waals surface area (Å²) in [7, 11) is 0. The van der Waals surface area contributed by atoms with Gasteiger partial charge in [-0.2, -0.15) is 0 Å². The van der Waals surface area contributed by atoms with Crippen LogP contribution in [-0.4, -0.2) is 19.8 Å². The third kappa shape index (κ3) is 4.11. The molecule has 0 atom stereocenters. The zero-order valence-electron chi connectivity index (χ0n) is 12.3. The Morgan fingerprint density at radius 3 is 2.11 bits per heavy atom. The molecule has 0 aromatic heterocycles. The maximum absolute atomic E-state index is 5.71. The number of rotatable bonds is 7. The van der Waals surface area contributed by atoms with Crippen LogP contribution >= 0.6 is 15.9 Å². The van der Waals surface area contributed by atoms with Crippen LogP contribution in [0.4, 0.5) is 0 Å². The second-order valence-electron chi connectivity index (χ2n) is 5.07. The van der Waals surface area contributed by atoms with Gasteiger partial charge in [-0.05, 0) is 49.9 Å². The van der Waals surface area contributed by atoms with E-state index >= 15 is 0 Å². The summed E-state index contributed by atoms with van der Waals surface area (Å²) in [6, 6.07) is 4.05. The van der Waals surface area contributed by atoms with Gasteiger partial charge in [-0.1, -0.05) is 29.8 Å². The number of hydrogen-bond acceptors (Lipinski definition) is 3. The minimum atomic E-state index is 0.00415. The van der Waals surface area contributed by atoms with Crippen molar-refractivity contribution >= 4 is 15.9 Å². The summed E-state index contributed by atoms with van der Waals surface area (Å²) in [5, 5.41) is 0. The first-order valence-electron chi connectivity index (χ1n) is 6.76. The van der Waals surface area contributed by atoms with Crippen LogP contribution in [0.5, 0.6) is 11.5 Å². The summed E-state index contributed by atoms with van der Waals surface area (Å²) in [5.41, 5.74) is 6.91. The molecule has 0 fully saturated rings. The fourth-order valence-electron chi connectivity index (χ4n) is 2.09. The molecule has 0 amide bonds. The first kappa shape index (κ1) is 16.3. The Morgan fingerprint density at radius 1 is 1.11 bits per heavy atom. The Labute approximate surface area is 124 Å². The molecule has 0 aliphatic rings. The molecule has 1 rings (SSSR count). The highest BCUT2D eigenvalue weighted by Gasteiger charge is 2.24. The van der Waals surface area contributed by atoms with Crippen molar-refractivity contribution in [3.63, 3.8) is 0 Å². The molecule has 0 saturated carbocycles. The van der Waals surface area contributed by atoms with E-state index < -0.39 is 0 Å². The Kier molecular flexibility index (Phi) is 6.14. The minimum Gasteiger partial charge on any atom is -0.490 e. The fourth-order valence-corrected chi connectivity index (χ4v) is 2.94. The Morgan fingerprint density at radius 2 is 1.63 bits per heavy atom. The molecule has 1 aromatic carbocycles. The average molecular weight is 330 g/mol. The molecule has 2 N–H and O–H groups in total. The molecule has 0 radical (unpaired) electrons. The zero-order chi connectivity index (χ0) is 14.5. The second kappa shape index (κ2) is 7.15. The van der Waals surface area contributed by atoms with Gasteiger partial charge in [-0.3, -0.25) is 0 Å². The van der Waals surface area contributed by atoms with E-state index in [0.717, 1.165) is 22.4 Å². The average Bonchev–Trinajstić information content (AvgIpc) is 2.32. The largest absolute Gasteiger partial charge is 0.490 e. The van der Waals surface area contributed by atoms with Gasteiger partial charge in [0.15, 0.2) is 11.5 Å². The normalized spacial score (nSPS) is 11.5. The molecular weight excluding hydrogens is 306 g/mol. The molecule has 0 saturated heterocycles. The molecule has 0 aliphatic heterocycles. The van der Waals surface area contributed by atoms with E-state index in [1.165, 1.54) is 5.56 Å². The monoisotopic (exact) mass is 329 g/mol. The smallest absolute Gasteiger partial charge is 0.162 e. The number of ether oxygens (including phenoxy) is 2. The molecule has 0 unspecified atom stereocenters. The third-order valence-corrected chi connectivity index (χ3v) is 3.79. The first-order valence-corrected chi connectivity index (χ1v) is 7.55. The Bertz CT molecular complexity index is 419. The van der Waals surface area contributed by atoms with E-state index in [1.807, 2.05) is 19.9 Å².